The molecule has 0 radical (unpaired) electrons. The Morgan fingerprint density at radius 2 is 2.00 bits per heavy atom. The minimum Gasteiger partial charge on any atom is -0.376 e. The predicted molar refractivity (Wildman–Crippen MR) is 89.7 cm³/mol. The fourth-order valence-electron chi connectivity index (χ4n) is 3.15. The van der Waals surface area contributed by atoms with Gasteiger partial charge in [-0.2, -0.15) is 0 Å². The molecule has 2 aromatic rings. The van der Waals surface area contributed by atoms with Gasteiger partial charge < -0.3 is 15.0 Å². The molecule has 2 aliphatic rings. The summed E-state index contributed by atoms with van der Waals surface area (Å²) < 4.78 is 5.34. The van der Waals surface area contributed by atoms with E-state index in [9.17, 15) is 9.59 Å². The molecule has 4 rings (SSSR count). The van der Waals surface area contributed by atoms with Crippen LogP contribution in [0.15, 0.2) is 42.6 Å². The van der Waals surface area contributed by atoms with Gasteiger partial charge in [0.15, 0.2) is 5.82 Å². The maximum atomic E-state index is 13.1. The maximum Gasteiger partial charge on any atom is 0.273 e. The van der Waals surface area contributed by atoms with Crippen LogP contribution in [0.4, 0.5) is 0 Å². The van der Waals surface area contributed by atoms with E-state index in [2.05, 4.69) is 15.3 Å². The fraction of sp³-hybridized carbons (Fsp3) is 0.333. The Balaban J connectivity index is 1.65. The van der Waals surface area contributed by atoms with Crippen LogP contribution in [0.5, 0.6) is 0 Å². The molecule has 7 heteroatoms. The molecule has 1 N–H and O–H groups in total. The summed E-state index contributed by atoms with van der Waals surface area (Å²) in [5, 5.41) is 2.87. The lowest BCUT2D eigenvalue weighted by atomic mass is 9.94. The lowest BCUT2D eigenvalue weighted by molar-refractivity contribution is -0.124. The third kappa shape index (κ3) is 2.87. The highest BCUT2D eigenvalue weighted by atomic mass is 16.5. The summed E-state index contributed by atoms with van der Waals surface area (Å²) in [6, 6.07) is 11.1. The van der Waals surface area contributed by atoms with E-state index in [0.29, 0.717) is 37.8 Å². The predicted octanol–water partition coefficient (Wildman–Crippen LogP) is 0.875. The molecule has 128 valence electrons. The number of rotatable bonds is 2. The minimum absolute atomic E-state index is 0.0470. The van der Waals surface area contributed by atoms with Crippen LogP contribution in [0.3, 0.4) is 0 Å². The van der Waals surface area contributed by atoms with Gasteiger partial charge in [-0.15, -0.1) is 0 Å². The number of ether oxygens (including phenoxy) is 1. The highest BCUT2D eigenvalue weighted by Crippen LogP contribution is 2.28. The Labute approximate surface area is 145 Å². The fourth-order valence-corrected chi connectivity index (χ4v) is 3.15. The first kappa shape index (κ1) is 15.7. The van der Waals surface area contributed by atoms with Crippen LogP contribution in [0, 0.1) is 0 Å². The van der Waals surface area contributed by atoms with Gasteiger partial charge in [-0.25, -0.2) is 9.97 Å². The van der Waals surface area contributed by atoms with Gasteiger partial charge in [0.2, 0.25) is 5.91 Å². The van der Waals surface area contributed by atoms with Crippen molar-refractivity contribution in [3.8, 4) is 11.4 Å². The molecule has 1 aromatic heterocycles. The van der Waals surface area contributed by atoms with Crippen molar-refractivity contribution < 1.29 is 14.3 Å². The second-order valence-electron chi connectivity index (χ2n) is 6.33. The van der Waals surface area contributed by atoms with Crippen molar-refractivity contribution in [2.24, 2.45) is 0 Å². The van der Waals surface area contributed by atoms with E-state index in [4.69, 9.17) is 4.74 Å². The average molecular weight is 338 g/mol. The zero-order chi connectivity index (χ0) is 17.3. The molecule has 0 atom stereocenters. The third-order valence-electron chi connectivity index (χ3n) is 4.64. The highest BCUT2D eigenvalue weighted by molar-refractivity contribution is 5.94. The number of hydrogen-bond donors (Lipinski definition) is 1. The Morgan fingerprint density at radius 3 is 2.72 bits per heavy atom. The van der Waals surface area contributed by atoms with Crippen molar-refractivity contribution >= 4 is 11.8 Å². The molecule has 3 heterocycles. The van der Waals surface area contributed by atoms with Crippen molar-refractivity contribution in [1.29, 1.82) is 0 Å². The lowest BCUT2D eigenvalue weighted by Crippen LogP contribution is -2.67. The van der Waals surface area contributed by atoms with Gasteiger partial charge in [0.1, 0.15) is 11.2 Å². The Bertz CT molecular complexity index is 805. The van der Waals surface area contributed by atoms with Crippen molar-refractivity contribution in [1.82, 2.24) is 20.2 Å². The first-order valence-electron chi connectivity index (χ1n) is 8.23. The number of benzene rings is 1. The highest BCUT2D eigenvalue weighted by Gasteiger charge is 2.48. The summed E-state index contributed by atoms with van der Waals surface area (Å²) in [7, 11) is 0. The molecular weight excluding hydrogens is 320 g/mol. The van der Waals surface area contributed by atoms with Crippen molar-refractivity contribution in [3.63, 3.8) is 0 Å². The van der Waals surface area contributed by atoms with Gasteiger partial charge in [0.25, 0.3) is 5.91 Å². The Hall–Kier alpha value is -2.80. The summed E-state index contributed by atoms with van der Waals surface area (Å²) in [4.78, 5) is 35.3. The van der Waals surface area contributed by atoms with E-state index >= 15 is 0 Å². The summed E-state index contributed by atoms with van der Waals surface area (Å²) in [6.45, 7) is 1.62. The zero-order valence-corrected chi connectivity index (χ0v) is 13.6. The van der Waals surface area contributed by atoms with Gasteiger partial charge in [-0.05, 0) is 6.07 Å². The smallest absolute Gasteiger partial charge is 0.273 e. The number of amides is 2. The molecule has 0 aliphatic carbocycles. The van der Waals surface area contributed by atoms with Crippen LogP contribution >= 0.6 is 0 Å². The molecule has 0 saturated carbocycles. The monoisotopic (exact) mass is 338 g/mol. The summed E-state index contributed by atoms with van der Waals surface area (Å²) in [6.07, 6.45) is 1.87. The molecular formula is C18H18N4O3. The molecule has 2 saturated heterocycles. The van der Waals surface area contributed by atoms with Gasteiger partial charge >= 0.3 is 0 Å². The minimum atomic E-state index is -0.471. The van der Waals surface area contributed by atoms with Crippen molar-refractivity contribution in [3.05, 3.63) is 48.3 Å². The number of nitrogens with zero attached hydrogens (tertiary/aromatic N) is 3. The molecule has 2 aliphatic heterocycles. The molecule has 1 aromatic carbocycles. The van der Waals surface area contributed by atoms with E-state index < -0.39 is 5.54 Å². The standard InChI is InChI=1S/C18H18N4O3/c23-15-7-9-22(18(10-20-15)11-25-12-18)17(24)14-6-8-19-16(21-14)13-4-2-1-3-5-13/h1-6,8H,7,9-12H2,(H,20,23). The van der Waals surface area contributed by atoms with E-state index in [-0.39, 0.29) is 18.2 Å². The normalized spacial score (nSPS) is 19.0. The van der Waals surface area contributed by atoms with Crippen LogP contribution in [0.25, 0.3) is 11.4 Å². The van der Waals surface area contributed by atoms with E-state index in [0.717, 1.165) is 5.56 Å². The third-order valence-corrected chi connectivity index (χ3v) is 4.64. The van der Waals surface area contributed by atoms with Crippen LogP contribution < -0.4 is 5.32 Å². The summed E-state index contributed by atoms with van der Waals surface area (Å²) in [5.74, 6) is 0.267. The van der Waals surface area contributed by atoms with Crippen LogP contribution in [-0.4, -0.2) is 58.5 Å². The number of nitrogens with one attached hydrogen (secondary N) is 1. The molecule has 7 nitrogen and oxygen atoms in total. The summed E-state index contributed by atoms with van der Waals surface area (Å²) >= 11 is 0. The second-order valence-corrected chi connectivity index (χ2v) is 6.33. The van der Waals surface area contributed by atoms with Gasteiger partial charge in [0.05, 0.1) is 13.2 Å². The number of hydrogen-bond acceptors (Lipinski definition) is 5. The molecule has 0 unspecified atom stereocenters. The number of aromatic nitrogens is 2. The van der Waals surface area contributed by atoms with Crippen molar-refractivity contribution in [2.45, 2.75) is 12.0 Å². The molecule has 2 amide bonds. The Morgan fingerprint density at radius 1 is 1.20 bits per heavy atom. The molecule has 2 fully saturated rings. The Kier molecular flexibility index (Phi) is 3.93. The van der Waals surface area contributed by atoms with Crippen molar-refractivity contribution in [2.75, 3.05) is 26.3 Å². The van der Waals surface area contributed by atoms with Crippen LogP contribution in [-0.2, 0) is 9.53 Å². The van der Waals surface area contributed by atoms with Crippen LogP contribution in [0.1, 0.15) is 16.9 Å². The molecule has 0 bridgehead atoms. The quantitative estimate of drug-likeness (QED) is 0.878. The SMILES string of the molecule is O=C1CCN(C(=O)c2ccnc(-c3ccccc3)n2)C2(CN1)COC2. The first-order valence-corrected chi connectivity index (χ1v) is 8.23. The van der Waals surface area contributed by atoms with Crippen LogP contribution in [0.2, 0.25) is 0 Å². The maximum absolute atomic E-state index is 13.1. The number of carbonyl (C=O) groups is 2. The van der Waals surface area contributed by atoms with E-state index in [1.807, 2.05) is 30.3 Å². The lowest BCUT2D eigenvalue weighted by Gasteiger charge is -2.48. The zero-order valence-electron chi connectivity index (χ0n) is 13.6. The molecule has 25 heavy (non-hydrogen) atoms. The average Bonchev–Trinajstić information content (AvgIpc) is 2.81. The van der Waals surface area contributed by atoms with E-state index in [1.165, 1.54) is 0 Å². The summed E-state index contributed by atoms with van der Waals surface area (Å²) in [5.41, 5.74) is 0.710. The topological polar surface area (TPSA) is 84.4 Å². The van der Waals surface area contributed by atoms with Gasteiger partial charge in [-0.3, -0.25) is 9.59 Å². The number of carbonyl (C=O) groups excluding carboxylic acids is 2. The van der Waals surface area contributed by atoms with E-state index in [1.54, 1.807) is 17.2 Å². The largest absolute Gasteiger partial charge is 0.376 e. The first-order chi connectivity index (χ1) is 12.2. The van der Waals surface area contributed by atoms with Gasteiger partial charge in [0, 0.05) is 31.3 Å². The van der Waals surface area contributed by atoms with Gasteiger partial charge in [-0.1, -0.05) is 30.3 Å². The molecule has 1 spiro atoms. The second kappa shape index (κ2) is 6.25.